The van der Waals surface area contributed by atoms with Gasteiger partial charge in [0.1, 0.15) is 0 Å². The predicted octanol–water partition coefficient (Wildman–Crippen LogP) is -0.391. The van der Waals surface area contributed by atoms with E-state index in [1.165, 1.54) is 0 Å². The van der Waals surface area contributed by atoms with Gasteiger partial charge < -0.3 is 0 Å². The standard InChI is InChI=1S/Cr.Cu.Nb.Si.Ti. The van der Waals surface area contributed by atoms with E-state index in [-0.39, 0.29) is 89.5 Å². The van der Waals surface area contributed by atoms with Gasteiger partial charge in [-0.15, -0.1) is 0 Å². The number of hydrogen-bond acceptors (Lipinski definition) is 0. The minimum atomic E-state index is 0. The van der Waals surface area contributed by atoms with E-state index in [4.69, 9.17) is 0 Å². The van der Waals surface area contributed by atoms with Crippen LogP contribution in [0.3, 0.4) is 0 Å². The molecule has 0 N–H and O–H groups in total. The van der Waals surface area contributed by atoms with Crippen LogP contribution in [0.1, 0.15) is 0 Å². The van der Waals surface area contributed by atoms with Crippen molar-refractivity contribution in [1.82, 2.24) is 0 Å². The van der Waals surface area contributed by atoms with Gasteiger partial charge in [-0.3, -0.25) is 0 Å². The minimum Gasteiger partial charge on any atom is 0 e. The SMILES string of the molecule is [Cr].[Cu].[Nb].[Si].[Ti]. The van der Waals surface area contributed by atoms with Crippen LogP contribution in [0.2, 0.25) is 0 Å². The molecule has 0 aliphatic heterocycles. The van der Waals surface area contributed by atoms with Gasteiger partial charge in [-0.25, -0.2) is 0 Å². The summed E-state index contributed by atoms with van der Waals surface area (Å²) < 4.78 is 0. The minimum absolute atomic E-state index is 0. The van der Waals surface area contributed by atoms with Gasteiger partial charge in [-0.05, 0) is 0 Å². The van der Waals surface area contributed by atoms with E-state index in [1.807, 2.05) is 0 Å². The Bertz CT molecular complexity index is 11.6. The van der Waals surface area contributed by atoms with Crippen LogP contribution in [0.25, 0.3) is 0 Å². The molecule has 5 heavy (non-hydrogen) atoms. The van der Waals surface area contributed by atoms with Crippen molar-refractivity contribution in [2.45, 2.75) is 0 Å². The molecule has 0 unspecified atom stereocenters. The summed E-state index contributed by atoms with van der Waals surface area (Å²) >= 11 is 0. The second kappa shape index (κ2) is 29.7. The molecule has 0 amide bonds. The maximum atomic E-state index is 0. The molecule has 6 radical (unpaired) electrons. The fourth-order valence-corrected chi connectivity index (χ4v) is 0. The first-order chi connectivity index (χ1) is 0. The van der Waals surface area contributed by atoms with Crippen LogP contribution in [-0.2, 0) is 78.5 Å². The molecule has 0 aromatic carbocycles. The first-order valence-corrected chi connectivity index (χ1v) is 0. The summed E-state index contributed by atoms with van der Waals surface area (Å²) in [5, 5.41) is 0. The van der Waals surface area contributed by atoms with Crippen LogP contribution in [0, 0.1) is 0 Å². The molecule has 30 valence electrons. The fourth-order valence-electron chi connectivity index (χ4n) is 0. The van der Waals surface area contributed by atoms with Crippen molar-refractivity contribution in [3.05, 3.63) is 0 Å². The van der Waals surface area contributed by atoms with Crippen LogP contribution < -0.4 is 0 Å². The molecule has 0 saturated carbocycles. The molecular weight excluding hydrogens is 284 g/mol. The van der Waals surface area contributed by atoms with E-state index < -0.39 is 0 Å². The van der Waals surface area contributed by atoms with Crippen molar-refractivity contribution in [1.29, 1.82) is 0 Å². The maximum Gasteiger partial charge on any atom is 0 e. The van der Waals surface area contributed by atoms with Gasteiger partial charge in [0.05, 0.1) is 0 Å². The Morgan fingerprint density at radius 3 is 1.00 bits per heavy atom. The molecule has 0 spiro atoms. The zero-order valence-corrected chi connectivity index (χ0v) is 9.13. The summed E-state index contributed by atoms with van der Waals surface area (Å²) in [6.07, 6.45) is 0. The van der Waals surface area contributed by atoms with Gasteiger partial charge in [0, 0.05) is 89.5 Å². The van der Waals surface area contributed by atoms with Crippen molar-refractivity contribution in [2.24, 2.45) is 0 Å². The largest absolute Gasteiger partial charge is 0 e. The molecule has 0 fully saturated rings. The monoisotopic (exact) mass is 284 g/mol. The molecule has 0 nitrogen and oxygen atoms in total. The Morgan fingerprint density at radius 2 is 1.00 bits per heavy atom. The molecule has 0 saturated heterocycles. The summed E-state index contributed by atoms with van der Waals surface area (Å²) in [5.74, 6) is 0. The maximum absolute atomic E-state index is 0. The quantitative estimate of drug-likeness (QED) is 0.532. The molecule has 5 heteroatoms. The first kappa shape index (κ1) is 47.1. The summed E-state index contributed by atoms with van der Waals surface area (Å²) in [4.78, 5) is 0. The molecule has 0 aliphatic rings. The number of rotatable bonds is 0. The summed E-state index contributed by atoms with van der Waals surface area (Å²) in [6, 6.07) is 0. The van der Waals surface area contributed by atoms with Crippen LogP contribution in [0.15, 0.2) is 0 Å². The average Bonchev–Trinajstić information content (AvgIpc) is 0. The van der Waals surface area contributed by atoms with E-state index in [0.29, 0.717) is 0 Å². The van der Waals surface area contributed by atoms with Crippen molar-refractivity contribution in [3.8, 4) is 0 Å². The fraction of sp³-hybridized carbons (Fsp3) is 0. The molecule has 0 atom stereocenters. The van der Waals surface area contributed by atoms with Crippen molar-refractivity contribution >= 4 is 11.0 Å². The van der Waals surface area contributed by atoms with Gasteiger partial charge in [0.2, 0.25) is 0 Å². The van der Waals surface area contributed by atoms with E-state index in [9.17, 15) is 0 Å². The van der Waals surface area contributed by atoms with Crippen LogP contribution >= 0.6 is 0 Å². The van der Waals surface area contributed by atoms with Crippen molar-refractivity contribution in [3.63, 3.8) is 0 Å². The van der Waals surface area contributed by atoms with Gasteiger partial charge in [0.25, 0.3) is 0 Å². The summed E-state index contributed by atoms with van der Waals surface area (Å²) in [5.41, 5.74) is 0. The molecule has 0 bridgehead atoms. The van der Waals surface area contributed by atoms with Crippen LogP contribution in [0.4, 0.5) is 0 Å². The smallest absolute Gasteiger partial charge is 0 e. The predicted molar refractivity (Wildman–Crippen MR) is 5.75 cm³/mol. The van der Waals surface area contributed by atoms with E-state index >= 15 is 0 Å². The molecule has 0 aliphatic carbocycles. The van der Waals surface area contributed by atoms with Gasteiger partial charge in [-0.1, -0.05) is 0 Å². The topological polar surface area (TPSA) is 0 Å². The molecule has 0 aromatic rings. The van der Waals surface area contributed by atoms with Gasteiger partial charge in [0.15, 0.2) is 0 Å². The second-order valence-electron chi connectivity index (χ2n) is 0. The third kappa shape index (κ3) is 20.2. The third-order valence-corrected chi connectivity index (χ3v) is 0. The summed E-state index contributed by atoms with van der Waals surface area (Å²) in [7, 11) is 0. The first-order valence-electron chi connectivity index (χ1n) is 0. The number of hydrogen-bond donors (Lipinski definition) is 0. The molecular formula is CrCuNbSiTi. The summed E-state index contributed by atoms with van der Waals surface area (Å²) in [6.45, 7) is 0. The third-order valence-electron chi connectivity index (χ3n) is 0. The van der Waals surface area contributed by atoms with Crippen molar-refractivity contribution in [2.75, 3.05) is 0 Å². The van der Waals surface area contributed by atoms with E-state index in [1.54, 1.807) is 0 Å². The van der Waals surface area contributed by atoms with Gasteiger partial charge >= 0.3 is 0 Å². The van der Waals surface area contributed by atoms with E-state index in [2.05, 4.69) is 0 Å². The van der Waals surface area contributed by atoms with Crippen LogP contribution in [-0.4, -0.2) is 11.0 Å². The second-order valence-corrected chi connectivity index (χ2v) is 0. The Balaban J connectivity index is 0. The average molecular weight is 284 g/mol. The Kier molecular flexibility index (Phi) is 280. The molecule has 0 aromatic heterocycles. The van der Waals surface area contributed by atoms with E-state index in [0.717, 1.165) is 0 Å². The Morgan fingerprint density at radius 1 is 1.00 bits per heavy atom. The normalized spacial score (nSPS) is 0. The molecule has 0 heterocycles. The zero-order chi connectivity index (χ0) is 0. The molecule has 0 rings (SSSR count). The van der Waals surface area contributed by atoms with Crippen molar-refractivity contribution < 1.29 is 78.5 Å². The van der Waals surface area contributed by atoms with Gasteiger partial charge in [-0.2, -0.15) is 0 Å². The Labute approximate surface area is 88.3 Å². The van der Waals surface area contributed by atoms with Crippen LogP contribution in [0.5, 0.6) is 0 Å². The Hall–Kier alpha value is 2.72. The zero-order valence-electron chi connectivity index (χ0n) is 2.16.